The molecule has 0 spiro atoms. The van der Waals surface area contributed by atoms with Gasteiger partial charge in [-0.2, -0.15) is 0 Å². The summed E-state index contributed by atoms with van der Waals surface area (Å²) < 4.78 is 12.9. The van der Waals surface area contributed by atoms with E-state index in [2.05, 4.69) is 36.8 Å². The van der Waals surface area contributed by atoms with Crippen molar-refractivity contribution in [1.82, 2.24) is 4.98 Å². The van der Waals surface area contributed by atoms with Gasteiger partial charge in [0.05, 0.1) is 16.8 Å². The van der Waals surface area contributed by atoms with Crippen molar-refractivity contribution in [3.8, 4) is 11.5 Å². The molecule has 0 atom stereocenters. The van der Waals surface area contributed by atoms with Gasteiger partial charge in [0.15, 0.2) is 11.5 Å². The highest BCUT2D eigenvalue weighted by Gasteiger charge is 2.12. The number of pyridine rings is 1. The monoisotopic (exact) mass is 413 g/mol. The van der Waals surface area contributed by atoms with Gasteiger partial charge in [-0.05, 0) is 63.0 Å². The van der Waals surface area contributed by atoms with Crippen LogP contribution >= 0.6 is 31.9 Å². The van der Waals surface area contributed by atoms with E-state index in [1.165, 1.54) is 0 Å². The first-order chi connectivity index (χ1) is 10.1. The van der Waals surface area contributed by atoms with Gasteiger partial charge in [0.1, 0.15) is 12.9 Å². The van der Waals surface area contributed by atoms with Crippen LogP contribution in [0, 0.1) is 0 Å². The standard InChI is InChI=1S/C15H13Br2NO3/c1-2-20-14-6-10(8-19)5-13(17)15(14)21-9-12-4-3-11(16)7-18-12/h3-8H,2,9H2,1H3. The highest BCUT2D eigenvalue weighted by Crippen LogP contribution is 2.37. The number of rotatable bonds is 6. The minimum Gasteiger partial charge on any atom is -0.490 e. The fraction of sp³-hybridized carbons (Fsp3) is 0.200. The van der Waals surface area contributed by atoms with Crippen LogP contribution in [0.4, 0.5) is 0 Å². The molecule has 0 aliphatic heterocycles. The van der Waals surface area contributed by atoms with E-state index in [-0.39, 0.29) is 0 Å². The second-order valence-electron chi connectivity index (χ2n) is 4.14. The van der Waals surface area contributed by atoms with Crippen LogP contribution in [0.1, 0.15) is 23.0 Å². The number of carbonyl (C=O) groups is 1. The number of hydrogen-bond acceptors (Lipinski definition) is 4. The molecular formula is C15H13Br2NO3. The van der Waals surface area contributed by atoms with Crippen LogP contribution in [0.3, 0.4) is 0 Å². The van der Waals surface area contributed by atoms with Crippen molar-refractivity contribution in [2.75, 3.05) is 6.61 Å². The van der Waals surface area contributed by atoms with Crippen LogP contribution in [-0.4, -0.2) is 17.9 Å². The molecule has 0 aliphatic rings. The molecular weight excluding hydrogens is 402 g/mol. The molecule has 1 aromatic heterocycles. The van der Waals surface area contributed by atoms with Gasteiger partial charge in [0.2, 0.25) is 0 Å². The molecule has 0 amide bonds. The molecule has 0 saturated heterocycles. The van der Waals surface area contributed by atoms with Crippen LogP contribution in [0.5, 0.6) is 11.5 Å². The zero-order valence-electron chi connectivity index (χ0n) is 11.3. The highest BCUT2D eigenvalue weighted by molar-refractivity contribution is 9.10. The van der Waals surface area contributed by atoms with E-state index in [9.17, 15) is 4.79 Å². The Labute approximate surface area is 139 Å². The molecule has 0 unspecified atom stereocenters. The highest BCUT2D eigenvalue weighted by atomic mass is 79.9. The first kappa shape index (κ1) is 16.0. The fourth-order valence-corrected chi connectivity index (χ4v) is 2.51. The normalized spacial score (nSPS) is 10.2. The Hall–Kier alpha value is -1.40. The molecule has 0 fully saturated rings. The zero-order chi connectivity index (χ0) is 15.2. The minimum absolute atomic E-state index is 0.312. The van der Waals surface area contributed by atoms with Crippen molar-refractivity contribution in [2.24, 2.45) is 0 Å². The number of ether oxygens (including phenoxy) is 2. The van der Waals surface area contributed by atoms with Crippen molar-refractivity contribution in [2.45, 2.75) is 13.5 Å². The van der Waals surface area contributed by atoms with E-state index in [1.807, 2.05) is 19.1 Å². The molecule has 2 rings (SSSR count). The first-order valence-electron chi connectivity index (χ1n) is 6.28. The van der Waals surface area contributed by atoms with Gasteiger partial charge < -0.3 is 9.47 Å². The summed E-state index contributed by atoms with van der Waals surface area (Å²) in [6.45, 7) is 2.68. The first-order valence-corrected chi connectivity index (χ1v) is 7.87. The minimum atomic E-state index is 0.312. The summed E-state index contributed by atoms with van der Waals surface area (Å²) in [6.07, 6.45) is 2.49. The van der Waals surface area contributed by atoms with E-state index in [0.717, 1.165) is 16.5 Å². The van der Waals surface area contributed by atoms with Crippen LogP contribution in [0.2, 0.25) is 0 Å². The summed E-state index contributed by atoms with van der Waals surface area (Å²) in [5.41, 5.74) is 1.33. The molecule has 0 radical (unpaired) electrons. The molecule has 4 nitrogen and oxygen atoms in total. The van der Waals surface area contributed by atoms with E-state index >= 15 is 0 Å². The Kier molecular flexibility index (Phi) is 5.76. The van der Waals surface area contributed by atoms with Gasteiger partial charge >= 0.3 is 0 Å². The smallest absolute Gasteiger partial charge is 0.175 e. The summed E-state index contributed by atoms with van der Waals surface area (Å²) in [6, 6.07) is 7.13. The number of aldehydes is 1. The lowest BCUT2D eigenvalue weighted by Gasteiger charge is -2.14. The van der Waals surface area contributed by atoms with E-state index in [1.54, 1.807) is 18.3 Å². The predicted molar refractivity (Wildman–Crippen MR) is 87.0 cm³/mol. The van der Waals surface area contributed by atoms with Crippen molar-refractivity contribution in [3.63, 3.8) is 0 Å². The average molecular weight is 415 g/mol. The third kappa shape index (κ3) is 4.28. The molecule has 6 heteroatoms. The maximum Gasteiger partial charge on any atom is 0.175 e. The summed E-state index contributed by atoms with van der Waals surface area (Å²) in [7, 11) is 0. The maximum absolute atomic E-state index is 10.9. The molecule has 0 saturated carbocycles. The summed E-state index contributed by atoms with van der Waals surface area (Å²) >= 11 is 6.74. The van der Waals surface area contributed by atoms with Gasteiger partial charge in [-0.25, -0.2) is 0 Å². The van der Waals surface area contributed by atoms with Crippen LogP contribution in [0.25, 0.3) is 0 Å². The Bertz CT molecular complexity index is 630. The topological polar surface area (TPSA) is 48.4 Å². The molecule has 1 heterocycles. The molecule has 110 valence electrons. The van der Waals surface area contributed by atoms with E-state index in [0.29, 0.717) is 34.7 Å². The number of benzene rings is 1. The second kappa shape index (κ2) is 7.56. The number of halogens is 2. The Morgan fingerprint density at radius 1 is 1.24 bits per heavy atom. The zero-order valence-corrected chi connectivity index (χ0v) is 14.5. The lowest BCUT2D eigenvalue weighted by atomic mass is 10.2. The summed E-state index contributed by atoms with van der Waals surface area (Å²) in [4.78, 5) is 15.2. The predicted octanol–water partition coefficient (Wildman–Crippen LogP) is 4.40. The van der Waals surface area contributed by atoms with Gasteiger partial charge in [0, 0.05) is 16.2 Å². The molecule has 1 aromatic carbocycles. The number of nitrogens with zero attached hydrogens (tertiary/aromatic N) is 1. The van der Waals surface area contributed by atoms with Gasteiger partial charge in [0.25, 0.3) is 0 Å². The summed E-state index contributed by atoms with van der Waals surface area (Å²) in [5, 5.41) is 0. The summed E-state index contributed by atoms with van der Waals surface area (Å²) in [5.74, 6) is 1.10. The van der Waals surface area contributed by atoms with Gasteiger partial charge in [-0.15, -0.1) is 0 Å². The SMILES string of the molecule is CCOc1cc(C=O)cc(Br)c1OCc1ccc(Br)cn1. The van der Waals surface area contributed by atoms with Crippen LogP contribution < -0.4 is 9.47 Å². The van der Waals surface area contributed by atoms with Gasteiger partial charge in [-0.3, -0.25) is 9.78 Å². The lowest BCUT2D eigenvalue weighted by molar-refractivity contribution is 0.112. The van der Waals surface area contributed by atoms with Crippen molar-refractivity contribution >= 4 is 38.1 Å². The van der Waals surface area contributed by atoms with Crippen molar-refractivity contribution in [3.05, 3.63) is 50.7 Å². The lowest BCUT2D eigenvalue weighted by Crippen LogP contribution is -2.02. The maximum atomic E-state index is 10.9. The third-order valence-corrected chi connectivity index (χ3v) is 3.68. The molecule has 21 heavy (non-hydrogen) atoms. The van der Waals surface area contributed by atoms with Gasteiger partial charge in [-0.1, -0.05) is 0 Å². The molecule has 2 aromatic rings. The largest absolute Gasteiger partial charge is 0.490 e. The third-order valence-electron chi connectivity index (χ3n) is 2.62. The number of hydrogen-bond donors (Lipinski definition) is 0. The van der Waals surface area contributed by atoms with Crippen molar-refractivity contribution in [1.29, 1.82) is 0 Å². The second-order valence-corrected chi connectivity index (χ2v) is 5.91. The fourth-order valence-electron chi connectivity index (χ4n) is 1.70. The number of carbonyl (C=O) groups excluding carboxylic acids is 1. The Balaban J connectivity index is 2.21. The quantitative estimate of drug-likeness (QED) is 0.657. The van der Waals surface area contributed by atoms with E-state index < -0.39 is 0 Å². The van der Waals surface area contributed by atoms with Crippen LogP contribution in [-0.2, 0) is 6.61 Å². The van der Waals surface area contributed by atoms with Crippen molar-refractivity contribution < 1.29 is 14.3 Å². The Morgan fingerprint density at radius 2 is 2.05 bits per heavy atom. The van der Waals surface area contributed by atoms with Crippen LogP contribution in [0.15, 0.2) is 39.4 Å². The average Bonchev–Trinajstić information content (AvgIpc) is 2.48. The number of aromatic nitrogens is 1. The molecule has 0 N–H and O–H groups in total. The van der Waals surface area contributed by atoms with E-state index in [4.69, 9.17) is 9.47 Å². The molecule has 0 aliphatic carbocycles. The molecule has 0 bridgehead atoms. The Morgan fingerprint density at radius 3 is 2.67 bits per heavy atom.